The van der Waals surface area contributed by atoms with Crippen LogP contribution in [0.3, 0.4) is 0 Å². The SMILES string of the molecule is O=C(c1ccc(OC(F)F)cc1)N(Cc1ccc2c(c1)OCO2)C1CCCC1. The molecule has 0 atom stereocenters. The lowest BCUT2D eigenvalue weighted by molar-refractivity contribution is -0.0498. The van der Waals surface area contributed by atoms with Crippen LogP contribution in [0.1, 0.15) is 41.6 Å². The van der Waals surface area contributed by atoms with Crippen LogP contribution >= 0.6 is 0 Å². The van der Waals surface area contributed by atoms with Crippen molar-refractivity contribution in [3.63, 3.8) is 0 Å². The van der Waals surface area contributed by atoms with Crippen LogP contribution in [-0.4, -0.2) is 30.3 Å². The Balaban J connectivity index is 1.54. The molecular formula is C21H21F2NO4. The summed E-state index contributed by atoms with van der Waals surface area (Å²) in [5.74, 6) is 1.31. The van der Waals surface area contributed by atoms with E-state index in [9.17, 15) is 13.6 Å². The van der Waals surface area contributed by atoms with E-state index in [0.29, 0.717) is 23.6 Å². The quantitative estimate of drug-likeness (QED) is 0.724. The van der Waals surface area contributed by atoms with E-state index in [4.69, 9.17) is 9.47 Å². The zero-order chi connectivity index (χ0) is 19.5. The molecule has 1 aliphatic heterocycles. The molecule has 0 spiro atoms. The van der Waals surface area contributed by atoms with E-state index in [1.54, 1.807) is 0 Å². The molecule has 4 rings (SSSR count). The van der Waals surface area contributed by atoms with Gasteiger partial charge < -0.3 is 19.1 Å². The number of hydrogen-bond donors (Lipinski definition) is 0. The number of alkyl halides is 2. The van der Waals surface area contributed by atoms with Gasteiger partial charge in [-0.15, -0.1) is 0 Å². The Labute approximate surface area is 161 Å². The van der Waals surface area contributed by atoms with Crippen LogP contribution in [0.15, 0.2) is 42.5 Å². The summed E-state index contributed by atoms with van der Waals surface area (Å²) in [6, 6.07) is 11.7. The number of ether oxygens (including phenoxy) is 3. The highest BCUT2D eigenvalue weighted by Gasteiger charge is 2.28. The van der Waals surface area contributed by atoms with Crippen molar-refractivity contribution in [3.8, 4) is 17.2 Å². The van der Waals surface area contributed by atoms with Crippen molar-refractivity contribution in [3.05, 3.63) is 53.6 Å². The van der Waals surface area contributed by atoms with Crippen molar-refractivity contribution in [2.75, 3.05) is 6.79 Å². The summed E-state index contributed by atoms with van der Waals surface area (Å²) < 4.78 is 39.8. The topological polar surface area (TPSA) is 48.0 Å². The fraction of sp³-hybridized carbons (Fsp3) is 0.381. The molecule has 1 amide bonds. The third-order valence-corrected chi connectivity index (χ3v) is 5.14. The van der Waals surface area contributed by atoms with Crippen molar-refractivity contribution >= 4 is 5.91 Å². The Morgan fingerprint density at radius 1 is 1.07 bits per heavy atom. The van der Waals surface area contributed by atoms with Gasteiger partial charge in [0.1, 0.15) is 5.75 Å². The number of carbonyl (C=O) groups excluding carboxylic acids is 1. The van der Waals surface area contributed by atoms with Crippen LogP contribution in [0, 0.1) is 0 Å². The summed E-state index contributed by atoms with van der Waals surface area (Å²) in [6.07, 6.45) is 4.11. The van der Waals surface area contributed by atoms with Crippen molar-refractivity contribution in [1.29, 1.82) is 0 Å². The number of benzene rings is 2. The lowest BCUT2D eigenvalue weighted by Crippen LogP contribution is -2.38. The summed E-state index contributed by atoms with van der Waals surface area (Å²) in [7, 11) is 0. The maximum atomic E-state index is 13.2. The number of hydrogen-bond acceptors (Lipinski definition) is 4. The maximum Gasteiger partial charge on any atom is 0.387 e. The van der Waals surface area contributed by atoms with Gasteiger partial charge in [0.2, 0.25) is 6.79 Å². The summed E-state index contributed by atoms with van der Waals surface area (Å²) in [5.41, 5.74) is 1.41. The van der Waals surface area contributed by atoms with Crippen LogP contribution in [0.2, 0.25) is 0 Å². The molecule has 2 aromatic carbocycles. The van der Waals surface area contributed by atoms with Gasteiger partial charge in [0.05, 0.1) is 0 Å². The fourth-order valence-corrected chi connectivity index (χ4v) is 3.76. The zero-order valence-corrected chi connectivity index (χ0v) is 15.3. The highest BCUT2D eigenvalue weighted by molar-refractivity contribution is 5.94. The van der Waals surface area contributed by atoms with Gasteiger partial charge in [-0.05, 0) is 54.8 Å². The van der Waals surface area contributed by atoms with E-state index >= 15 is 0 Å². The van der Waals surface area contributed by atoms with Gasteiger partial charge in [-0.25, -0.2) is 0 Å². The first-order chi connectivity index (χ1) is 13.6. The minimum Gasteiger partial charge on any atom is -0.454 e. The minimum atomic E-state index is -2.89. The fourth-order valence-electron chi connectivity index (χ4n) is 3.76. The molecule has 0 aromatic heterocycles. The number of halogens is 2. The number of rotatable bonds is 6. The van der Waals surface area contributed by atoms with Gasteiger partial charge in [-0.3, -0.25) is 4.79 Å². The van der Waals surface area contributed by atoms with Crippen LogP contribution in [-0.2, 0) is 6.54 Å². The smallest absolute Gasteiger partial charge is 0.387 e. The number of nitrogens with zero attached hydrogens (tertiary/aromatic N) is 1. The summed E-state index contributed by atoms with van der Waals surface area (Å²) in [5, 5.41) is 0. The lowest BCUT2D eigenvalue weighted by atomic mass is 10.1. The van der Waals surface area contributed by atoms with E-state index in [2.05, 4.69) is 4.74 Å². The molecular weight excluding hydrogens is 368 g/mol. The van der Waals surface area contributed by atoms with E-state index in [-0.39, 0.29) is 24.5 Å². The Morgan fingerprint density at radius 3 is 2.50 bits per heavy atom. The Kier molecular flexibility index (Phi) is 5.32. The normalized spacial score (nSPS) is 15.8. The number of fused-ring (bicyclic) bond motifs is 1. The molecule has 1 saturated carbocycles. The lowest BCUT2D eigenvalue weighted by Gasteiger charge is -2.29. The van der Waals surface area contributed by atoms with E-state index < -0.39 is 6.61 Å². The van der Waals surface area contributed by atoms with Gasteiger partial charge in [0, 0.05) is 18.2 Å². The Morgan fingerprint density at radius 2 is 1.79 bits per heavy atom. The molecule has 28 heavy (non-hydrogen) atoms. The standard InChI is InChI=1S/C21H21F2NO4/c22-21(23)28-17-8-6-15(7-9-17)20(25)24(16-3-1-2-4-16)12-14-5-10-18-19(11-14)27-13-26-18/h5-11,16,21H,1-4,12-13H2. The molecule has 7 heteroatoms. The monoisotopic (exact) mass is 389 g/mol. The molecule has 0 radical (unpaired) electrons. The summed E-state index contributed by atoms with van der Waals surface area (Å²) >= 11 is 0. The van der Waals surface area contributed by atoms with E-state index in [1.165, 1.54) is 24.3 Å². The molecule has 0 bridgehead atoms. The molecule has 148 valence electrons. The van der Waals surface area contributed by atoms with Gasteiger partial charge in [0.15, 0.2) is 11.5 Å². The molecule has 0 N–H and O–H groups in total. The largest absolute Gasteiger partial charge is 0.454 e. The van der Waals surface area contributed by atoms with Gasteiger partial charge in [-0.2, -0.15) is 8.78 Å². The third kappa shape index (κ3) is 4.03. The average Bonchev–Trinajstić information content (AvgIpc) is 3.37. The summed E-state index contributed by atoms with van der Waals surface area (Å²) in [4.78, 5) is 15.1. The molecule has 1 heterocycles. The second kappa shape index (κ2) is 8.04. The van der Waals surface area contributed by atoms with Gasteiger partial charge in [-0.1, -0.05) is 18.9 Å². The van der Waals surface area contributed by atoms with Crippen LogP contribution in [0.25, 0.3) is 0 Å². The second-order valence-corrected chi connectivity index (χ2v) is 6.96. The molecule has 0 saturated heterocycles. The third-order valence-electron chi connectivity index (χ3n) is 5.14. The Bertz CT molecular complexity index is 835. The van der Waals surface area contributed by atoms with Crippen molar-refractivity contribution < 1.29 is 27.8 Å². The second-order valence-electron chi connectivity index (χ2n) is 6.96. The highest BCUT2D eigenvalue weighted by Crippen LogP contribution is 2.34. The first kappa shape index (κ1) is 18.5. The van der Waals surface area contributed by atoms with Gasteiger partial charge >= 0.3 is 6.61 Å². The Hall–Kier alpha value is -2.83. The predicted molar refractivity (Wildman–Crippen MR) is 97.8 cm³/mol. The van der Waals surface area contributed by atoms with Crippen molar-refractivity contribution in [2.24, 2.45) is 0 Å². The molecule has 1 fully saturated rings. The first-order valence-electron chi connectivity index (χ1n) is 9.34. The molecule has 2 aliphatic rings. The minimum absolute atomic E-state index is 0.0368. The van der Waals surface area contributed by atoms with Crippen LogP contribution < -0.4 is 14.2 Å². The highest BCUT2D eigenvalue weighted by atomic mass is 19.3. The average molecular weight is 389 g/mol. The molecule has 5 nitrogen and oxygen atoms in total. The molecule has 2 aromatic rings. The van der Waals surface area contributed by atoms with Crippen molar-refractivity contribution in [1.82, 2.24) is 4.90 Å². The van der Waals surface area contributed by atoms with Crippen LogP contribution in [0.5, 0.6) is 17.2 Å². The molecule has 0 unspecified atom stereocenters. The maximum absolute atomic E-state index is 13.2. The zero-order valence-electron chi connectivity index (χ0n) is 15.3. The van der Waals surface area contributed by atoms with Gasteiger partial charge in [0.25, 0.3) is 5.91 Å². The predicted octanol–water partition coefficient (Wildman–Crippen LogP) is 4.60. The van der Waals surface area contributed by atoms with E-state index in [1.807, 2.05) is 23.1 Å². The summed E-state index contributed by atoms with van der Waals surface area (Å²) in [6.45, 7) is -2.23. The first-order valence-corrected chi connectivity index (χ1v) is 9.34. The van der Waals surface area contributed by atoms with E-state index in [0.717, 1.165) is 31.2 Å². The van der Waals surface area contributed by atoms with Crippen molar-refractivity contribution in [2.45, 2.75) is 44.9 Å². The number of amides is 1. The number of carbonyl (C=O) groups is 1. The van der Waals surface area contributed by atoms with Crippen LogP contribution in [0.4, 0.5) is 8.78 Å². The molecule has 1 aliphatic carbocycles.